The van der Waals surface area contributed by atoms with Crippen LogP contribution in [-0.4, -0.2) is 58.9 Å². The summed E-state index contributed by atoms with van der Waals surface area (Å²) in [5.41, 5.74) is 9.51. The maximum Gasteiger partial charge on any atom is 0.226 e. The predicted octanol–water partition coefficient (Wildman–Crippen LogP) is 2.89. The van der Waals surface area contributed by atoms with Crippen LogP contribution in [0.25, 0.3) is 11.2 Å². The summed E-state index contributed by atoms with van der Waals surface area (Å²) < 4.78 is 7.66. The average molecular weight is 423 g/mol. The number of aromatic nitrogens is 4. The number of ether oxygens (including phenoxy) is 1. The number of nitrogens with two attached hydrogens (primary N) is 1. The maximum absolute atomic E-state index is 5.67. The third-order valence-electron chi connectivity index (χ3n) is 6.07. The molecule has 2 aromatic heterocycles. The summed E-state index contributed by atoms with van der Waals surface area (Å²) >= 11 is 0. The second-order valence-corrected chi connectivity index (χ2v) is 8.14. The molecule has 0 bridgehead atoms. The smallest absolute Gasteiger partial charge is 0.226 e. The number of imidazole rings is 1. The van der Waals surface area contributed by atoms with Crippen molar-refractivity contribution < 1.29 is 4.74 Å². The SMILES string of the molecule is NCCNc1nc(Nc2ccc(N3CCOCC3)cc2)c2ncn(C3CCCC3)c2n1. The summed E-state index contributed by atoms with van der Waals surface area (Å²) in [6.07, 6.45) is 6.77. The third kappa shape index (κ3) is 4.28. The van der Waals surface area contributed by atoms with Crippen molar-refractivity contribution in [1.29, 1.82) is 0 Å². The third-order valence-corrected chi connectivity index (χ3v) is 6.07. The van der Waals surface area contributed by atoms with E-state index < -0.39 is 0 Å². The standard InChI is InChI=1S/C22H30N8O/c23-9-10-24-22-27-20(19-21(28-22)30(15-25-19)18-3-1-2-4-18)26-16-5-7-17(8-6-16)29-11-13-31-14-12-29/h5-8,15,18H,1-4,9-14,23H2,(H2,24,26,27,28). The topological polar surface area (TPSA) is 106 Å². The Kier molecular flexibility index (Phi) is 5.86. The second kappa shape index (κ2) is 9.07. The molecule has 3 heterocycles. The normalized spacial score (nSPS) is 17.4. The number of morpholine rings is 1. The molecule has 2 fully saturated rings. The minimum Gasteiger partial charge on any atom is -0.378 e. The van der Waals surface area contributed by atoms with Gasteiger partial charge in [0.1, 0.15) is 0 Å². The Hall–Kier alpha value is -2.91. The van der Waals surface area contributed by atoms with Crippen LogP contribution in [0.3, 0.4) is 0 Å². The highest BCUT2D eigenvalue weighted by Crippen LogP contribution is 2.33. The van der Waals surface area contributed by atoms with E-state index in [0.717, 1.165) is 43.2 Å². The first-order valence-corrected chi connectivity index (χ1v) is 11.2. The molecule has 1 saturated heterocycles. The first-order valence-electron chi connectivity index (χ1n) is 11.2. The van der Waals surface area contributed by atoms with Crippen molar-refractivity contribution in [3.63, 3.8) is 0 Å². The number of nitrogens with zero attached hydrogens (tertiary/aromatic N) is 5. The highest BCUT2D eigenvalue weighted by molar-refractivity contribution is 5.86. The van der Waals surface area contributed by atoms with E-state index in [-0.39, 0.29) is 0 Å². The van der Waals surface area contributed by atoms with Gasteiger partial charge in [-0.05, 0) is 37.1 Å². The summed E-state index contributed by atoms with van der Waals surface area (Å²) in [6, 6.07) is 8.90. The fourth-order valence-electron chi connectivity index (χ4n) is 4.43. The summed E-state index contributed by atoms with van der Waals surface area (Å²) in [6.45, 7) is 4.55. The Morgan fingerprint density at radius 2 is 1.84 bits per heavy atom. The minimum absolute atomic E-state index is 0.461. The highest BCUT2D eigenvalue weighted by Gasteiger charge is 2.22. The molecular weight excluding hydrogens is 392 g/mol. The van der Waals surface area contributed by atoms with Gasteiger partial charge in [-0.3, -0.25) is 0 Å². The first-order chi connectivity index (χ1) is 15.3. The van der Waals surface area contributed by atoms with Crippen LogP contribution >= 0.6 is 0 Å². The molecule has 4 N–H and O–H groups in total. The lowest BCUT2D eigenvalue weighted by atomic mass is 10.2. The summed E-state index contributed by atoms with van der Waals surface area (Å²) in [5, 5.41) is 6.68. The highest BCUT2D eigenvalue weighted by atomic mass is 16.5. The summed E-state index contributed by atoms with van der Waals surface area (Å²) in [5.74, 6) is 1.28. The number of benzene rings is 1. The molecule has 0 spiro atoms. The van der Waals surface area contributed by atoms with Crippen LogP contribution in [-0.2, 0) is 4.74 Å². The molecule has 1 aliphatic carbocycles. The minimum atomic E-state index is 0.461. The number of nitrogens with one attached hydrogen (secondary N) is 2. The van der Waals surface area contributed by atoms with Crippen LogP contribution in [0.5, 0.6) is 0 Å². The molecule has 5 rings (SSSR count). The molecule has 0 atom stereocenters. The molecule has 1 aromatic carbocycles. The van der Waals surface area contributed by atoms with Gasteiger partial charge >= 0.3 is 0 Å². The van der Waals surface area contributed by atoms with Crippen molar-refractivity contribution in [3.8, 4) is 0 Å². The van der Waals surface area contributed by atoms with Gasteiger partial charge in [0.15, 0.2) is 17.0 Å². The van der Waals surface area contributed by atoms with Crippen molar-refractivity contribution in [2.75, 3.05) is 54.9 Å². The summed E-state index contributed by atoms with van der Waals surface area (Å²) in [4.78, 5) is 16.5. The largest absolute Gasteiger partial charge is 0.378 e. The van der Waals surface area contributed by atoms with Crippen LogP contribution in [0.2, 0.25) is 0 Å². The van der Waals surface area contributed by atoms with E-state index >= 15 is 0 Å². The van der Waals surface area contributed by atoms with Crippen LogP contribution in [0.4, 0.5) is 23.1 Å². The van der Waals surface area contributed by atoms with E-state index in [1.165, 1.54) is 31.4 Å². The van der Waals surface area contributed by atoms with Gasteiger partial charge in [-0.1, -0.05) is 12.8 Å². The molecule has 3 aromatic rings. The maximum atomic E-state index is 5.67. The fraction of sp³-hybridized carbons (Fsp3) is 0.500. The van der Waals surface area contributed by atoms with Gasteiger partial charge in [0, 0.05) is 43.6 Å². The van der Waals surface area contributed by atoms with Crippen molar-refractivity contribution in [2.24, 2.45) is 5.73 Å². The van der Waals surface area contributed by atoms with Gasteiger partial charge in [-0.2, -0.15) is 9.97 Å². The molecule has 2 aliphatic rings. The van der Waals surface area contributed by atoms with Crippen molar-refractivity contribution in [2.45, 2.75) is 31.7 Å². The summed E-state index contributed by atoms with van der Waals surface area (Å²) in [7, 11) is 0. The number of anilines is 4. The van der Waals surface area contributed by atoms with Crippen LogP contribution < -0.4 is 21.3 Å². The quantitative estimate of drug-likeness (QED) is 0.534. The van der Waals surface area contributed by atoms with Crippen molar-refractivity contribution in [3.05, 3.63) is 30.6 Å². The lowest BCUT2D eigenvalue weighted by Crippen LogP contribution is -2.36. The molecule has 0 radical (unpaired) electrons. The van der Waals surface area contributed by atoms with Crippen LogP contribution in [0.1, 0.15) is 31.7 Å². The Bertz CT molecular complexity index is 1010. The molecule has 31 heavy (non-hydrogen) atoms. The number of rotatable bonds is 7. The average Bonchev–Trinajstić information content (AvgIpc) is 3.49. The molecule has 0 amide bonds. The zero-order chi connectivity index (χ0) is 21.0. The predicted molar refractivity (Wildman–Crippen MR) is 123 cm³/mol. The lowest BCUT2D eigenvalue weighted by molar-refractivity contribution is 0.122. The molecule has 1 aliphatic heterocycles. The Labute approximate surface area is 182 Å². The fourth-order valence-corrected chi connectivity index (χ4v) is 4.43. The first kappa shape index (κ1) is 20.0. The van der Waals surface area contributed by atoms with E-state index in [2.05, 4.69) is 49.4 Å². The van der Waals surface area contributed by atoms with Gasteiger partial charge in [-0.25, -0.2) is 4.98 Å². The van der Waals surface area contributed by atoms with E-state index in [4.69, 9.17) is 20.4 Å². The van der Waals surface area contributed by atoms with E-state index in [9.17, 15) is 0 Å². The van der Waals surface area contributed by atoms with Gasteiger partial charge in [0.05, 0.1) is 19.5 Å². The Balaban J connectivity index is 1.43. The van der Waals surface area contributed by atoms with Crippen LogP contribution in [0.15, 0.2) is 30.6 Å². The molecule has 9 nitrogen and oxygen atoms in total. The van der Waals surface area contributed by atoms with E-state index in [0.29, 0.717) is 30.9 Å². The van der Waals surface area contributed by atoms with E-state index in [1.807, 2.05) is 6.33 Å². The molecule has 9 heteroatoms. The van der Waals surface area contributed by atoms with Crippen molar-refractivity contribution in [1.82, 2.24) is 19.5 Å². The molecule has 0 unspecified atom stereocenters. The molecular formula is C22H30N8O. The zero-order valence-corrected chi connectivity index (χ0v) is 17.8. The molecule has 1 saturated carbocycles. The Morgan fingerprint density at radius 1 is 1.06 bits per heavy atom. The Morgan fingerprint density at radius 3 is 2.58 bits per heavy atom. The molecule has 164 valence electrons. The van der Waals surface area contributed by atoms with Gasteiger partial charge in [0.25, 0.3) is 0 Å². The van der Waals surface area contributed by atoms with Gasteiger partial charge < -0.3 is 30.6 Å². The lowest BCUT2D eigenvalue weighted by Gasteiger charge is -2.28. The van der Waals surface area contributed by atoms with Crippen molar-refractivity contribution >= 4 is 34.3 Å². The number of hydrogen-bond acceptors (Lipinski definition) is 8. The number of hydrogen-bond donors (Lipinski definition) is 3. The zero-order valence-electron chi connectivity index (χ0n) is 17.8. The van der Waals surface area contributed by atoms with Crippen LogP contribution in [0, 0.1) is 0 Å². The van der Waals surface area contributed by atoms with Gasteiger partial charge in [0.2, 0.25) is 5.95 Å². The van der Waals surface area contributed by atoms with Gasteiger partial charge in [-0.15, -0.1) is 0 Å². The monoisotopic (exact) mass is 422 g/mol. The number of fused-ring (bicyclic) bond motifs is 1. The second-order valence-electron chi connectivity index (χ2n) is 8.14. The van der Waals surface area contributed by atoms with E-state index in [1.54, 1.807) is 0 Å².